The lowest BCUT2D eigenvalue weighted by atomic mass is 10.0. The molecule has 0 N–H and O–H groups in total. The van der Waals surface area contributed by atoms with Gasteiger partial charge >= 0.3 is 5.97 Å². The topological polar surface area (TPSA) is 113 Å². The summed E-state index contributed by atoms with van der Waals surface area (Å²) < 4.78 is 5.18. The maximum atomic E-state index is 12.2. The fourth-order valence-electron chi connectivity index (χ4n) is 2.25. The minimum Gasteiger partial charge on any atom is -0.457 e. The van der Waals surface area contributed by atoms with Gasteiger partial charge in [-0.15, -0.1) is 0 Å². The summed E-state index contributed by atoms with van der Waals surface area (Å²) in [6.45, 7) is 3.86. The van der Waals surface area contributed by atoms with Gasteiger partial charge in [0, 0.05) is 12.1 Å². The summed E-state index contributed by atoms with van der Waals surface area (Å²) >= 11 is 0. The molecule has 8 nitrogen and oxygen atoms in total. The summed E-state index contributed by atoms with van der Waals surface area (Å²) in [7, 11) is 0. The number of ether oxygens (including phenoxy) is 1. The molecule has 0 radical (unpaired) electrons. The Labute approximate surface area is 143 Å². The highest BCUT2D eigenvalue weighted by molar-refractivity contribution is 5.91. The summed E-state index contributed by atoms with van der Waals surface area (Å²) in [6.07, 6.45) is 0.832. The normalized spacial score (nSPS) is 10.3. The Morgan fingerprint density at radius 1 is 1.04 bits per heavy atom. The Morgan fingerprint density at radius 3 is 2.16 bits per heavy atom. The minimum atomic E-state index is -0.854. The smallest absolute Gasteiger partial charge is 0.338 e. The Balaban J connectivity index is 2.23. The number of aryl methyl sites for hydroxylation is 2. The number of benzene rings is 2. The average molecular weight is 344 g/mol. The molecule has 2 rings (SSSR count). The van der Waals surface area contributed by atoms with Gasteiger partial charge in [0.05, 0.1) is 21.5 Å². The fraction of sp³-hybridized carbons (Fsp3) is 0.235. The number of carbonyl (C=O) groups excluding carboxylic acids is 1. The number of nitro groups is 2. The second-order valence-corrected chi connectivity index (χ2v) is 5.44. The van der Waals surface area contributed by atoms with Crippen LogP contribution < -0.4 is 0 Å². The molecule has 2 aromatic rings. The van der Waals surface area contributed by atoms with E-state index < -0.39 is 27.2 Å². The second kappa shape index (κ2) is 7.52. The molecule has 130 valence electrons. The molecule has 0 aliphatic heterocycles. The summed E-state index contributed by atoms with van der Waals surface area (Å²) in [5, 5.41) is 21.8. The lowest BCUT2D eigenvalue weighted by Gasteiger charge is -2.09. The highest BCUT2D eigenvalue weighted by Crippen LogP contribution is 2.23. The van der Waals surface area contributed by atoms with Crippen molar-refractivity contribution >= 4 is 17.3 Å². The highest BCUT2D eigenvalue weighted by atomic mass is 16.6. The van der Waals surface area contributed by atoms with Gasteiger partial charge in [0.1, 0.15) is 6.61 Å². The van der Waals surface area contributed by atoms with Crippen LogP contribution in [0, 0.1) is 27.2 Å². The van der Waals surface area contributed by atoms with E-state index in [1.807, 2.05) is 32.0 Å². The number of hydrogen-bond acceptors (Lipinski definition) is 6. The molecule has 2 aromatic carbocycles. The first kappa shape index (κ1) is 18.1. The van der Waals surface area contributed by atoms with Crippen molar-refractivity contribution in [1.82, 2.24) is 0 Å². The molecule has 0 fully saturated rings. The summed E-state index contributed by atoms with van der Waals surface area (Å²) in [4.78, 5) is 32.3. The van der Waals surface area contributed by atoms with E-state index in [0.717, 1.165) is 41.3 Å². The highest BCUT2D eigenvalue weighted by Gasteiger charge is 2.20. The molecule has 0 bridgehead atoms. The number of hydrogen-bond donors (Lipinski definition) is 0. The number of carbonyl (C=O) groups is 1. The lowest BCUT2D eigenvalue weighted by Crippen LogP contribution is -2.07. The van der Waals surface area contributed by atoms with Crippen molar-refractivity contribution in [1.29, 1.82) is 0 Å². The van der Waals surface area contributed by atoms with E-state index in [4.69, 9.17) is 4.74 Å². The molecule has 0 amide bonds. The molecule has 0 aliphatic rings. The Hall–Kier alpha value is -3.29. The molecular formula is C17H16N2O6. The van der Waals surface area contributed by atoms with Gasteiger partial charge in [0.15, 0.2) is 0 Å². The van der Waals surface area contributed by atoms with E-state index in [9.17, 15) is 25.0 Å². The van der Waals surface area contributed by atoms with Crippen LogP contribution in [0.15, 0.2) is 36.4 Å². The lowest BCUT2D eigenvalue weighted by molar-refractivity contribution is -0.394. The monoisotopic (exact) mass is 344 g/mol. The summed E-state index contributed by atoms with van der Waals surface area (Å²) in [5.74, 6) is -0.854. The number of non-ortho nitro benzene ring substituents is 2. The van der Waals surface area contributed by atoms with Gasteiger partial charge in [0.25, 0.3) is 11.4 Å². The van der Waals surface area contributed by atoms with Gasteiger partial charge in [-0.2, -0.15) is 0 Å². The van der Waals surface area contributed by atoms with Crippen LogP contribution in [0.2, 0.25) is 0 Å². The molecule has 0 saturated heterocycles. The van der Waals surface area contributed by atoms with Crippen molar-refractivity contribution in [3.63, 3.8) is 0 Å². The van der Waals surface area contributed by atoms with E-state index in [-0.39, 0.29) is 12.2 Å². The van der Waals surface area contributed by atoms with Crippen LogP contribution in [0.25, 0.3) is 0 Å². The summed E-state index contributed by atoms with van der Waals surface area (Å²) in [6, 6.07) is 8.53. The van der Waals surface area contributed by atoms with Crippen molar-refractivity contribution < 1.29 is 19.4 Å². The Morgan fingerprint density at radius 2 is 1.64 bits per heavy atom. The first-order chi connectivity index (χ1) is 11.8. The van der Waals surface area contributed by atoms with Crippen LogP contribution in [0.1, 0.15) is 34.0 Å². The number of nitro benzene ring substituents is 2. The van der Waals surface area contributed by atoms with Crippen LogP contribution >= 0.6 is 0 Å². The molecule has 0 atom stereocenters. The van der Waals surface area contributed by atoms with Crippen molar-refractivity contribution in [3.8, 4) is 0 Å². The Kier molecular flexibility index (Phi) is 5.43. The van der Waals surface area contributed by atoms with Gasteiger partial charge in [-0.3, -0.25) is 20.2 Å². The minimum absolute atomic E-state index is 0.0189. The molecule has 0 saturated carbocycles. The third kappa shape index (κ3) is 4.37. The fourth-order valence-corrected chi connectivity index (χ4v) is 2.25. The molecule has 0 aromatic heterocycles. The van der Waals surface area contributed by atoms with Crippen LogP contribution in [0.5, 0.6) is 0 Å². The Bertz CT molecular complexity index is 815. The van der Waals surface area contributed by atoms with Crippen molar-refractivity contribution in [2.45, 2.75) is 26.9 Å². The zero-order valence-electron chi connectivity index (χ0n) is 13.7. The first-order valence-corrected chi connectivity index (χ1v) is 7.51. The standard InChI is InChI=1S/C17H16N2O6/c1-3-12-5-4-11(2)14(6-12)10-25-17(20)13-7-15(18(21)22)9-16(8-13)19(23)24/h4-9H,3,10H2,1-2H3. The number of rotatable bonds is 6. The van der Waals surface area contributed by atoms with E-state index in [0.29, 0.717) is 0 Å². The van der Waals surface area contributed by atoms with E-state index in [1.165, 1.54) is 0 Å². The van der Waals surface area contributed by atoms with E-state index >= 15 is 0 Å². The van der Waals surface area contributed by atoms with Gasteiger partial charge in [-0.25, -0.2) is 4.79 Å². The van der Waals surface area contributed by atoms with Crippen molar-refractivity contribution in [2.24, 2.45) is 0 Å². The molecule has 0 aliphatic carbocycles. The zero-order valence-corrected chi connectivity index (χ0v) is 13.7. The van der Waals surface area contributed by atoms with Crippen LogP contribution in [-0.4, -0.2) is 15.8 Å². The number of esters is 1. The average Bonchev–Trinajstić information content (AvgIpc) is 2.60. The first-order valence-electron chi connectivity index (χ1n) is 7.51. The van der Waals surface area contributed by atoms with Gasteiger partial charge in [-0.05, 0) is 30.0 Å². The third-order valence-corrected chi connectivity index (χ3v) is 3.74. The summed E-state index contributed by atoms with van der Waals surface area (Å²) in [5.41, 5.74) is 1.53. The van der Waals surface area contributed by atoms with Crippen molar-refractivity contribution in [3.05, 3.63) is 78.9 Å². The molecule has 0 heterocycles. The zero-order chi connectivity index (χ0) is 18.6. The van der Waals surface area contributed by atoms with Gasteiger partial charge < -0.3 is 4.74 Å². The maximum Gasteiger partial charge on any atom is 0.338 e. The van der Waals surface area contributed by atoms with Crippen LogP contribution in [0.3, 0.4) is 0 Å². The van der Waals surface area contributed by atoms with E-state index in [1.54, 1.807) is 0 Å². The van der Waals surface area contributed by atoms with Crippen LogP contribution in [-0.2, 0) is 17.8 Å². The van der Waals surface area contributed by atoms with Crippen molar-refractivity contribution in [2.75, 3.05) is 0 Å². The van der Waals surface area contributed by atoms with Crippen LogP contribution in [0.4, 0.5) is 11.4 Å². The SMILES string of the molecule is CCc1ccc(C)c(COC(=O)c2cc([N+](=O)[O-])cc([N+](=O)[O-])c2)c1. The quantitative estimate of drug-likeness (QED) is 0.448. The van der Waals surface area contributed by atoms with Gasteiger partial charge in [0.2, 0.25) is 0 Å². The molecule has 0 spiro atoms. The largest absolute Gasteiger partial charge is 0.457 e. The molecular weight excluding hydrogens is 328 g/mol. The third-order valence-electron chi connectivity index (χ3n) is 3.74. The maximum absolute atomic E-state index is 12.2. The molecule has 8 heteroatoms. The van der Waals surface area contributed by atoms with E-state index in [2.05, 4.69) is 0 Å². The number of nitrogens with zero attached hydrogens (tertiary/aromatic N) is 2. The predicted octanol–water partition coefficient (Wildman–Crippen LogP) is 3.73. The predicted molar refractivity (Wildman–Crippen MR) is 89.4 cm³/mol. The second-order valence-electron chi connectivity index (χ2n) is 5.44. The molecule has 25 heavy (non-hydrogen) atoms. The van der Waals surface area contributed by atoms with Gasteiger partial charge in [-0.1, -0.05) is 25.1 Å². The molecule has 0 unspecified atom stereocenters.